The van der Waals surface area contributed by atoms with Crippen LogP contribution < -0.4 is 10.0 Å². The molecule has 1 aliphatic carbocycles. The van der Waals surface area contributed by atoms with Gasteiger partial charge in [0, 0.05) is 12.1 Å². The Hall–Kier alpha value is -1.67. The summed E-state index contributed by atoms with van der Waals surface area (Å²) in [6.45, 7) is 0. The third-order valence-electron chi connectivity index (χ3n) is 3.71. The maximum atomic E-state index is 11.7. The lowest BCUT2D eigenvalue weighted by Crippen LogP contribution is -2.23. The number of benzene rings is 1. The number of nitro benzene ring substituents is 1. The first-order valence-electron chi connectivity index (χ1n) is 6.92. The first-order valence-corrected chi connectivity index (χ1v) is 8.41. The van der Waals surface area contributed by atoms with Gasteiger partial charge in [0.15, 0.2) is 0 Å². The third kappa shape index (κ3) is 3.70. The van der Waals surface area contributed by atoms with E-state index in [0.717, 1.165) is 31.7 Å². The maximum absolute atomic E-state index is 11.7. The number of anilines is 1. The van der Waals surface area contributed by atoms with E-state index in [1.807, 2.05) is 0 Å². The van der Waals surface area contributed by atoms with Gasteiger partial charge in [0.25, 0.3) is 5.69 Å². The Kier molecular flexibility index (Phi) is 4.79. The van der Waals surface area contributed by atoms with Gasteiger partial charge in [-0.15, -0.1) is 0 Å². The minimum Gasteiger partial charge on any atom is -0.377 e. The molecule has 0 aromatic heterocycles. The Morgan fingerprint density at radius 2 is 1.90 bits per heavy atom. The SMILES string of the molecule is CNS(=O)(=O)c1ccc(NC2CCCCC2)c([N+](=O)[O-])c1. The van der Waals surface area contributed by atoms with Crippen molar-refractivity contribution in [3.63, 3.8) is 0 Å². The summed E-state index contributed by atoms with van der Waals surface area (Å²) in [6.07, 6.45) is 5.37. The molecule has 0 bridgehead atoms. The van der Waals surface area contributed by atoms with E-state index in [1.165, 1.54) is 25.6 Å². The quantitative estimate of drug-likeness (QED) is 0.641. The molecule has 0 atom stereocenters. The van der Waals surface area contributed by atoms with E-state index in [0.29, 0.717) is 5.69 Å². The topological polar surface area (TPSA) is 101 Å². The van der Waals surface area contributed by atoms with Gasteiger partial charge in [-0.05, 0) is 32.0 Å². The van der Waals surface area contributed by atoms with Crippen LogP contribution in [0, 0.1) is 10.1 Å². The molecule has 0 saturated heterocycles. The highest BCUT2D eigenvalue weighted by molar-refractivity contribution is 7.89. The summed E-state index contributed by atoms with van der Waals surface area (Å²) >= 11 is 0. The first kappa shape index (κ1) is 15.7. The number of sulfonamides is 1. The van der Waals surface area contributed by atoms with Crippen LogP contribution in [0.15, 0.2) is 23.1 Å². The molecule has 0 aliphatic heterocycles. The summed E-state index contributed by atoms with van der Waals surface area (Å²) in [6, 6.07) is 4.15. The van der Waals surface area contributed by atoms with E-state index < -0.39 is 14.9 Å². The van der Waals surface area contributed by atoms with Gasteiger partial charge < -0.3 is 5.32 Å². The molecular formula is C13H19N3O4S. The molecule has 1 fully saturated rings. The molecule has 0 unspecified atom stereocenters. The zero-order valence-corrected chi connectivity index (χ0v) is 12.6. The molecule has 1 aromatic carbocycles. The Labute approximate surface area is 123 Å². The largest absolute Gasteiger partial charge is 0.377 e. The van der Waals surface area contributed by atoms with E-state index in [-0.39, 0.29) is 16.6 Å². The van der Waals surface area contributed by atoms with Crippen molar-refractivity contribution in [1.82, 2.24) is 4.72 Å². The Balaban J connectivity index is 2.31. The number of hydrogen-bond acceptors (Lipinski definition) is 5. The zero-order valence-electron chi connectivity index (χ0n) is 11.8. The highest BCUT2D eigenvalue weighted by atomic mass is 32.2. The predicted octanol–water partition coefficient (Wildman–Crippen LogP) is 2.25. The fraction of sp³-hybridized carbons (Fsp3) is 0.538. The van der Waals surface area contributed by atoms with Crippen molar-refractivity contribution in [1.29, 1.82) is 0 Å². The summed E-state index contributed by atoms with van der Waals surface area (Å²) in [5.41, 5.74) is 0.166. The van der Waals surface area contributed by atoms with Gasteiger partial charge in [0.05, 0.1) is 9.82 Å². The smallest absolute Gasteiger partial charge is 0.293 e. The van der Waals surface area contributed by atoms with Crippen LogP contribution in [0.2, 0.25) is 0 Å². The van der Waals surface area contributed by atoms with Crippen molar-refractivity contribution in [3.05, 3.63) is 28.3 Å². The number of nitro groups is 1. The van der Waals surface area contributed by atoms with Crippen LogP contribution in [-0.4, -0.2) is 26.4 Å². The van der Waals surface area contributed by atoms with Crippen LogP contribution >= 0.6 is 0 Å². The molecule has 21 heavy (non-hydrogen) atoms. The van der Waals surface area contributed by atoms with E-state index in [1.54, 1.807) is 0 Å². The van der Waals surface area contributed by atoms with E-state index in [9.17, 15) is 18.5 Å². The fourth-order valence-electron chi connectivity index (χ4n) is 2.54. The van der Waals surface area contributed by atoms with Crippen LogP contribution in [0.4, 0.5) is 11.4 Å². The summed E-state index contributed by atoms with van der Waals surface area (Å²) in [4.78, 5) is 10.5. The number of nitrogens with one attached hydrogen (secondary N) is 2. The monoisotopic (exact) mass is 313 g/mol. The predicted molar refractivity (Wildman–Crippen MR) is 79.8 cm³/mol. The summed E-state index contributed by atoms with van der Waals surface area (Å²) in [5, 5.41) is 14.4. The summed E-state index contributed by atoms with van der Waals surface area (Å²) in [7, 11) is -2.41. The van der Waals surface area contributed by atoms with Crippen LogP contribution in [0.5, 0.6) is 0 Å². The molecule has 116 valence electrons. The highest BCUT2D eigenvalue weighted by Gasteiger charge is 2.22. The second-order valence-corrected chi connectivity index (χ2v) is 7.01. The van der Waals surface area contributed by atoms with Gasteiger partial charge in [-0.25, -0.2) is 13.1 Å². The van der Waals surface area contributed by atoms with Gasteiger partial charge in [-0.3, -0.25) is 10.1 Å². The fourth-order valence-corrected chi connectivity index (χ4v) is 3.29. The van der Waals surface area contributed by atoms with Crippen LogP contribution in [0.1, 0.15) is 32.1 Å². The highest BCUT2D eigenvalue weighted by Crippen LogP contribution is 2.30. The second-order valence-electron chi connectivity index (χ2n) is 5.12. The molecule has 0 radical (unpaired) electrons. The van der Waals surface area contributed by atoms with E-state index in [4.69, 9.17) is 0 Å². The summed E-state index contributed by atoms with van der Waals surface area (Å²) < 4.78 is 25.6. The van der Waals surface area contributed by atoms with Crippen LogP contribution in [0.3, 0.4) is 0 Å². The van der Waals surface area contributed by atoms with Gasteiger partial charge in [0.1, 0.15) is 5.69 Å². The number of nitrogens with zero attached hydrogens (tertiary/aromatic N) is 1. The minimum absolute atomic E-state index is 0.106. The molecule has 0 spiro atoms. The van der Waals surface area contributed by atoms with E-state index in [2.05, 4.69) is 10.0 Å². The number of rotatable bonds is 5. The van der Waals surface area contributed by atoms with Gasteiger partial charge in [-0.1, -0.05) is 19.3 Å². The van der Waals surface area contributed by atoms with Crippen LogP contribution in [-0.2, 0) is 10.0 Å². The molecule has 1 aliphatic rings. The van der Waals surface area contributed by atoms with Crippen molar-refractivity contribution in [2.45, 2.75) is 43.0 Å². The molecule has 2 N–H and O–H groups in total. The summed E-state index contributed by atoms with van der Waals surface area (Å²) in [5.74, 6) is 0. The maximum Gasteiger partial charge on any atom is 0.293 e. The Bertz CT molecular complexity index is 624. The first-order chi connectivity index (χ1) is 9.94. The van der Waals surface area contributed by atoms with Crippen molar-refractivity contribution in [3.8, 4) is 0 Å². The molecule has 2 rings (SSSR count). The second kappa shape index (κ2) is 6.40. The third-order valence-corrected chi connectivity index (χ3v) is 5.12. The van der Waals surface area contributed by atoms with Gasteiger partial charge in [-0.2, -0.15) is 0 Å². The lowest BCUT2D eigenvalue weighted by molar-refractivity contribution is -0.384. The molecule has 1 aromatic rings. The Morgan fingerprint density at radius 1 is 1.24 bits per heavy atom. The average molecular weight is 313 g/mol. The van der Waals surface area contributed by atoms with Crippen LogP contribution in [0.25, 0.3) is 0 Å². The normalized spacial score (nSPS) is 16.6. The Morgan fingerprint density at radius 3 is 2.48 bits per heavy atom. The molecule has 0 heterocycles. The molecule has 1 saturated carbocycles. The van der Waals surface area contributed by atoms with Gasteiger partial charge in [0.2, 0.25) is 10.0 Å². The molecule has 7 nitrogen and oxygen atoms in total. The minimum atomic E-state index is -3.69. The van der Waals surface area contributed by atoms with Gasteiger partial charge >= 0.3 is 0 Å². The molecule has 0 amide bonds. The number of hydrogen-bond donors (Lipinski definition) is 2. The van der Waals surface area contributed by atoms with Crippen molar-refractivity contribution in [2.75, 3.05) is 12.4 Å². The molecular weight excluding hydrogens is 294 g/mol. The van der Waals surface area contributed by atoms with Crippen molar-refractivity contribution >= 4 is 21.4 Å². The molecule has 8 heteroatoms. The van der Waals surface area contributed by atoms with Crippen molar-refractivity contribution < 1.29 is 13.3 Å². The zero-order chi connectivity index (χ0) is 15.5. The lowest BCUT2D eigenvalue weighted by atomic mass is 9.95. The van der Waals surface area contributed by atoms with E-state index >= 15 is 0 Å². The lowest BCUT2D eigenvalue weighted by Gasteiger charge is -2.23. The van der Waals surface area contributed by atoms with Crippen molar-refractivity contribution in [2.24, 2.45) is 0 Å². The standard InChI is InChI=1S/C13H19N3O4S/c1-14-21(19,20)11-7-8-12(13(9-11)16(17)18)15-10-5-3-2-4-6-10/h7-10,14-15H,2-6H2,1H3. The average Bonchev–Trinajstić information content (AvgIpc) is 2.48.